The molecule has 1 heterocycles. The van der Waals surface area contributed by atoms with Crippen LogP contribution in [0.2, 0.25) is 0 Å². The molecule has 5 heteroatoms. The second-order valence-corrected chi connectivity index (χ2v) is 6.18. The molecule has 1 aromatic heterocycles. The number of benzene rings is 2. The molecule has 0 aliphatic rings. The Morgan fingerprint density at radius 2 is 1.76 bits per heavy atom. The standard InChI is InChI=1S/C20H20FN3O/c1-13-4-6-16(7-5-13)18-12-19(23-22-18)20(25)24(3)14(2)15-8-10-17(21)11-9-15/h4-12,14H,1-3H3,(H,22,23). The molecule has 0 spiro atoms. The zero-order valence-corrected chi connectivity index (χ0v) is 14.5. The van der Waals surface area contributed by atoms with Crippen LogP contribution in [0.1, 0.15) is 34.6 Å². The first-order valence-corrected chi connectivity index (χ1v) is 8.11. The van der Waals surface area contributed by atoms with Crippen molar-refractivity contribution in [1.82, 2.24) is 15.1 Å². The van der Waals surface area contributed by atoms with Gasteiger partial charge >= 0.3 is 0 Å². The van der Waals surface area contributed by atoms with Gasteiger partial charge in [-0.2, -0.15) is 5.10 Å². The predicted octanol–water partition coefficient (Wildman–Crippen LogP) is 4.36. The first-order valence-electron chi connectivity index (χ1n) is 8.11. The van der Waals surface area contributed by atoms with Crippen LogP contribution in [-0.4, -0.2) is 28.1 Å². The maximum absolute atomic E-state index is 13.1. The molecule has 0 aliphatic carbocycles. The number of halogens is 1. The molecule has 1 atom stereocenters. The van der Waals surface area contributed by atoms with Gasteiger partial charge in [0.2, 0.25) is 0 Å². The number of aromatic amines is 1. The van der Waals surface area contributed by atoms with Gasteiger partial charge in [0.05, 0.1) is 11.7 Å². The third-order valence-electron chi connectivity index (χ3n) is 4.41. The van der Waals surface area contributed by atoms with Crippen LogP contribution in [-0.2, 0) is 0 Å². The number of hydrogen-bond donors (Lipinski definition) is 1. The van der Waals surface area contributed by atoms with Gasteiger partial charge in [0.1, 0.15) is 11.5 Å². The predicted molar refractivity (Wildman–Crippen MR) is 95.7 cm³/mol. The van der Waals surface area contributed by atoms with Crippen LogP contribution in [0.15, 0.2) is 54.6 Å². The van der Waals surface area contributed by atoms with E-state index in [9.17, 15) is 9.18 Å². The molecule has 4 nitrogen and oxygen atoms in total. The van der Waals surface area contributed by atoms with Crippen LogP contribution >= 0.6 is 0 Å². The van der Waals surface area contributed by atoms with Crippen molar-refractivity contribution in [3.8, 4) is 11.3 Å². The first kappa shape index (κ1) is 16.9. The lowest BCUT2D eigenvalue weighted by Crippen LogP contribution is -2.29. The number of carbonyl (C=O) groups is 1. The minimum absolute atomic E-state index is 0.164. The number of hydrogen-bond acceptors (Lipinski definition) is 2. The maximum Gasteiger partial charge on any atom is 0.272 e. The molecule has 0 saturated heterocycles. The molecule has 0 aliphatic heterocycles. The highest BCUT2D eigenvalue weighted by Gasteiger charge is 2.21. The van der Waals surface area contributed by atoms with E-state index in [1.165, 1.54) is 17.7 Å². The summed E-state index contributed by atoms with van der Waals surface area (Å²) in [6.07, 6.45) is 0. The summed E-state index contributed by atoms with van der Waals surface area (Å²) < 4.78 is 13.1. The topological polar surface area (TPSA) is 49.0 Å². The van der Waals surface area contributed by atoms with Crippen molar-refractivity contribution in [2.45, 2.75) is 19.9 Å². The Kier molecular flexibility index (Phi) is 4.65. The number of rotatable bonds is 4. The normalized spacial score (nSPS) is 12.0. The lowest BCUT2D eigenvalue weighted by atomic mass is 10.1. The van der Waals surface area contributed by atoms with Crippen molar-refractivity contribution in [2.24, 2.45) is 0 Å². The van der Waals surface area contributed by atoms with Crippen LogP contribution in [0.25, 0.3) is 11.3 Å². The van der Waals surface area contributed by atoms with E-state index in [1.807, 2.05) is 38.1 Å². The van der Waals surface area contributed by atoms with E-state index >= 15 is 0 Å². The van der Waals surface area contributed by atoms with Gasteiger partial charge in [-0.25, -0.2) is 4.39 Å². The summed E-state index contributed by atoms with van der Waals surface area (Å²) in [7, 11) is 1.72. The number of carbonyl (C=O) groups excluding carboxylic acids is 1. The largest absolute Gasteiger partial charge is 0.334 e. The number of aryl methyl sites for hydroxylation is 1. The summed E-state index contributed by atoms with van der Waals surface area (Å²) in [5, 5.41) is 7.05. The van der Waals surface area contributed by atoms with Crippen molar-refractivity contribution in [1.29, 1.82) is 0 Å². The van der Waals surface area contributed by atoms with Gasteiger partial charge in [-0.1, -0.05) is 42.0 Å². The lowest BCUT2D eigenvalue weighted by molar-refractivity contribution is 0.0736. The van der Waals surface area contributed by atoms with Crippen molar-refractivity contribution < 1.29 is 9.18 Å². The molecule has 25 heavy (non-hydrogen) atoms. The Hall–Kier alpha value is -2.95. The van der Waals surface area contributed by atoms with Crippen LogP contribution in [0, 0.1) is 12.7 Å². The van der Waals surface area contributed by atoms with E-state index in [0.29, 0.717) is 5.69 Å². The summed E-state index contributed by atoms with van der Waals surface area (Å²) in [6, 6.07) is 15.7. The number of nitrogens with zero attached hydrogens (tertiary/aromatic N) is 2. The second-order valence-electron chi connectivity index (χ2n) is 6.18. The minimum atomic E-state index is -0.291. The summed E-state index contributed by atoms with van der Waals surface area (Å²) in [6.45, 7) is 3.93. The monoisotopic (exact) mass is 337 g/mol. The summed E-state index contributed by atoms with van der Waals surface area (Å²) in [5.41, 5.74) is 4.15. The van der Waals surface area contributed by atoms with Gasteiger partial charge in [-0.05, 0) is 37.6 Å². The smallest absolute Gasteiger partial charge is 0.272 e. The van der Waals surface area contributed by atoms with Crippen molar-refractivity contribution in [3.05, 3.63) is 77.2 Å². The van der Waals surface area contributed by atoms with Crippen LogP contribution < -0.4 is 0 Å². The zero-order valence-electron chi connectivity index (χ0n) is 14.5. The third kappa shape index (κ3) is 3.60. The lowest BCUT2D eigenvalue weighted by Gasteiger charge is -2.24. The molecule has 0 saturated carbocycles. The molecule has 1 unspecified atom stereocenters. The van der Waals surface area contributed by atoms with Gasteiger partial charge in [0.15, 0.2) is 0 Å². The molecule has 1 amide bonds. The van der Waals surface area contributed by atoms with Crippen molar-refractivity contribution in [2.75, 3.05) is 7.05 Å². The van der Waals surface area contributed by atoms with E-state index in [2.05, 4.69) is 10.2 Å². The van der Waals surface area contributed by atoms with Crippen LogP contribution in [0.4, 0.5) is 4.39 Å². The Labute approximate surface area is 146 Å². The summed E-state index contributed by atoms with van der Waals surface area (Å²) >= 11 is 0. The maximum atomic E-state index is 13.1. The number of aromatic nitrogens is 2. The SMILES string of the molecule is Cc1ccc(-c2cc(C(=O)N(C)C(C)c3ccc(F)cc3)[nH]n2)cc1. The Morgan fingerprint density at radius 3 is 2.40 bits per heavy atom. The fourth-order valence-corrected chi connectivity index (χ4v) is 2.63. The zero-order chi connectivity index (χ0) is 18.0. The van der Waals surface area contributed by atoms with Gasteiger partial charge in [-0.3, -0.25) is 9.89 Å². The molecule has 2 aromatic carbocycles. The molecule has 0 bridgehead atoms. The van der Waals surface area contributed by atoms with Gasteiger partial charge in [-0.15, -0.1) is 0 Å². The first-order chi connectivity index (χ1) is 12.0. The number of H-pyrrole nitrogens is 1. The average molecular weight is 337 g/mol. The average Bonchev–Trinajstić information content (AvgIpc) is 3.11. The molecule has 0 radical (unpaired) electrons. The van der Waals surface area contributed by atoms with E-state index < -0.39 is 0 Å². The number of amides is 1. The van der Waals surface area contributed by atoms with Gasteiger partial charge < -0.3 is 4.90 Å². The molecular formula is C20H20FN3O. The quantitative estimate of drug-likeness (QED) is 0.769. The highest BCUT2D eigenvalue weighted by atomic mass is 19.1. The highest BCUT2D eigenvalue weighted by molar-refractivity contribution is 5.93. The Bertz CT molecular complexity index is 869. The van der Waals surface area contributed by atoms with Crippen LogP contribution in [0.5, 0.6) is 0 Å². The molecule has 3 rings (SSSR count). The molecule has 128 valence electrons. The van der Waals surface area contributed by atoms with Gasteiger partial charge in [0, 0.05) is 12.6 Å². The molecule has 1 N–H and O–H groups in total. The fraction of sp³-hybridized carbons (Fsp3) is 0.200. The van der Waals surface area contributed by atoms with Crippen molar-refractivity contribution >= 4 is 5.91 Å². The van der Waals surface area contributed by atoms with Crippen molar-refractivity contribution in [3.63, 3.8) is 0 Å². The summed E-state index contributed by atoms with van der Waals surface area (Å²) in [5.74, 6) is -0.455. The Balaban J connectivity index is 1.78. The van der Waals surface area contributed by atoms with E-state index in [-0.39, 0.29) is 17.8 Å². The molecule has 3 aromatic rings. The number of nitrogens with one attached hydrogen (secondary N) is 1. The van der Waals surface area contributed by atoms with E-state index in [1.54, 1.807) is 30.1 Å². The molecular weight excluding hydrogens is 317 g/mol. The molecule has 0 fully saturated rings. The third-order valence-corrected chi connectivity index (χ3v) is 4.41. The van der Waals surface area contributed by atoms with E-state index in [0.717, 1.165) is 16.8 Å². The Morgan fingerprint density at radius 1 is 1.12 bits per heavy atom. The van der Waals surface area contributed by atoms with E-state index in [4.69, 9.17) is 0 Å². The fourth-order valence-electron chi connectivity index (χ4n) is 2.63. The van der Waals surface area contributed by atoms with Gasteiger partial charge in [0.25, 0.3) is 5.91 Å². The summed E-state index contributed by atoms with van der Waals surface area (Å²) in [4.78, 5) is 14.3. The highest BCUT2D eigenvalue weighted by Crippen LogP contribution is 2.23. The minimum Gasteiger partial charge on any atom is -0.334 e. The second kappa shape index (κ2) is 6.89. The van der Waals surface area contributed by atoms with Crippen LogP contribution in [0.3, 0.4) is 0 Å².